The number of H-pyrrole nitrogens is 1. The molecule has 0 saturated heterocycles. The molecule has 0 spiro atoms. The number of unbranched alkanes of at least 4 members (excludes halogenated alkanes) is 4. The van der Waals surface area contributed by atoms with E-state index in [-0.39, 0.29) is 5.82 Å². The van der Waals surface area contributed by atoms with Crippen LogP contribution in [0.3, 0.4) is 0 Å². The molecule has 0 aliphatic heterocycles. The number of halogens is 1. The molecule has 1 N–H and O–H groups in total. The van der Waals surface area contributed by atoms with Gasteiger partial charge in [0.2, 0.25) is 0 Å². The lowest BCUT2D eigenvalue weighted by atomic mass is 10.1. The second-order valence-corrected chi connectivity index (χ2v) is 6.31. The van der Waals surface area contributed by atoms with Crippen LogP contribution in [0.25, 0.3) is 22.5 Å². The fourth-order valence-corrected chi connectivity index (χ4v) is 2.98. The van der Waals surface area contributed by atoms with Crippen LogP contribution in [0, 0.1) is 5.82 Å². The molecule has 130 valence electrons. The van der Waals surface area contributed by atoms with E-state index in [1.807, 2.05) is 12.1 Å². The van der Waals surface area contributed by atoms with Crippen LogP contribution in [-0.4, -0.2) is 15.0 Å². The summed E-state index contributed by atoms with van der Waals surface area (Å²) in [5.74, 6) is 0.753. The van der Waals surface area contributed by atoms with Crippen molar-refractivity contribution in [3.63, 3.8) is 0 Å². The van der Waals surface area contributed by atoms with Crippen LogP contribution in [0.2, 0.25) is 0 Å². The van der Waals surface area contributed by atoms with Crippen molar-refractivity contribution in [3.05, 3.63) is 60.4 Å². The highest BCUT2D eigenvalue weighted by atomic mass is 19.1. The standard InChI is InChI=1S/C21H24FN3/c1-2-3-4-5-6-7-19-24-20(16-8-10-18(22)11-9-16)21(25-19)17-12-14-23-15-13-17/h8-15H,2-7H2,1H3,(H,24,25). The van der Waals surface area contributed by atoms with E-state index in [4.69, 9.17) is 4.98 Å². The molecule has 3 nitrogen and oxygen atoms in total. The number of aromatic amines is 1. The monoisotopic (exact) mass is 337 g/mol. The predicted octanol–water partition coefficient (Wildman–Crippen LogP) is 5.79. The second-order valence-electron chi connectivity index (χ2n) is 6.31. The average Bonchev–Trinajstić information content (AvgIpc) is 3.07. The highest BCUT2D eigenvalue weighted by Gasteiger charge is 2.14. The van der Waals surface area contributed by atoms with E-state index in [1.54, 1.807) is 24.5 Å². The summed E-state index contributed by atoms with van der Waals surface area (Å²) in [5.41, 5.74) is 3.80. The Labute approximate surface area is 148 Å². The Balaban J connectivity index is 1.85. The van der Waals surface area contributed by atoms with E-state index in [0.29, 0.717) is 0 Å². The second kappa shape index (κ2) is 8.56. The van der Waals surface area contributed by atoms with Gasteiger partial charge >= 0.3 is 0 Å². The lowest BCUT2D eigenvalue weighted by Crippen LogP contribution is -1.89. The maximum absolute atomic E-state index is 13.3. The van der Waals surface area contributed by atoms with Crippen molar-refractivity contribution in [3.8, 4) is 22.5 Å². The first-order valence-corrected chi connectivity index (χ1v) is 9.03. The number of benzene rings is 1. The van der Waals surface area contributed by atoms with Crippen LogP contribution in [0.5, 0.6) is 0 Å². The summed E-state index contributed by atoms with van der Waals surface area (Å²) >= 11 is 0. The lowest BCUT2D eigenvalue weighted by Gasteiger charge is -2.02. The smallest absolute Gasteiger partial charge is 0.123 e. The number of rotatable bonds is 8. The Morgan fingerprint density at radius 2 is 1.60 bits per heavy atom. The zero-order valence-electron chi connectivity index (χ0n) is 14.6. The molecule has 0 atom stereocenters. The fraction of sp³-hybridized carbons (Fsp3) is 0.333. The summed E-state index contributed by atoms with van der Waals surface area (Å²) in [6.07, 6.45) is 10.7. The van der Waals surface area contributed by atoms with Crippen molar-refractivity contribution in [2.75, 3.05) is 0 Å². The molecule has 0 unspecified atom stereocenters. The molecule has 0 bridgehead atoms. The van der Waals surface area contributed by atoms with Gasteiger partial charge in [0.15, 0.2) is 0 Å². The predicted molar refractivity (Wildman–Crippen MR) is 99.7 cm³/mol. The quantitative estimate of drug-likeness (QED) is 0.528. The van der Waals surface area contributed by atoms with Crippen LogP contribution < -0.4 is 0 Å². The highest BCUT2D eigenvalue weighted by Crippen LogP contribution is 2.30. The maximum Gasteiger partial charge on any atom is 0.123 e. The molecule has 0 aliphatic carbocycles. The van der Waals surface area contributed by atoms with Crippen molar-refractivity contribution in [1.82, 2.24) is 15.0 Å². The van der Waals surface area contributed by atoms with Gasteiger partial charge in [0.1, 0.15) is 11.6 Å². The molecule has 0 aliphatic rings. The summed E-state index contributed by atoms with van der Waals surface area (Å²) in [4.78, 5) is 12.4. The Kier molecular flexibility index (Phi) is 5.94. The van der Waals surface area contributed by atoms with Crippen LogP contribution in [-0.2, 0) is 6.42 Å². The van der Waals surface area contributed by atoms with Crippen molar-refractivity contribution in [2.45, 2.75) is 45.4 Å². The minimum absolute atomic E-state index is 0.235. The molecule has 2 heterocycles. The number of hydrogen-bond acceptors (Lipinski definition) is 2. The number of nitrogens with zero attached hydrogens (tertiary/aromatic N) is 2. The molecule has 0 amide bonds. The molecule has 0 saturated carbocycles. The highest BCUT2D eigenvalue weighted by molar-refractivity contribution is 5.78. The van der Waals surface area contributed by atoms with Gasteiger partial charge in [0.05, 0.1) is 11.4 Å². The average molecular weight is 337 g/mol. The van der Waals surface area contributed by atoms with Crippen molar-refractivity contribution >= 4 is 0 Å². The maximum atomic E-state index is 13.3. The van der Waals surface area contributed by atoms with Gasteiger partial charge in [-0.25, -0.2) is 9.37 Å². The summed E-state index contributed by atoms with van der Waals surface area (Å²) in [6, 6.07) is 10.4. The molecule has 4 heteroatoms. The first-order valence-electron chi connectivity index (χ1n) is 9.03. The van der Waals surface area contributed by atoms with Gasteiger partial charge in [-0.2, -0.15) is 0 Å². The summed E-state index contributed by atoms with van der Waals surface area (Å²) in [7, 11) is 0. The number of pyridine rings is 1. The van der Waals surface area contributed by atoms with Gasteiger partial charge in [-0.05, 0) is 42.8 Å². The Bertz CT molecular complexity index is 779. The molecule has 1 aromatic carbocycles. The fourth-order valence-electron chi connectivity index (χ4n) is 2.98. The van der Waals surface area contributed by atoms with E-state index >= 15 is 0 Å². The van der Waals surface area contributed by atoms with E-state index in [1.165, 1.54) is 37.8 Å². The van der Waals surface area contributed by atoms with Crippen molar-refractivity contribution in [1.29, 1.82) is 0 Å². The molecular formula is C21H24FN3. The largest absolute Gasteiger partial charge is 0.341 e. The first kappa shape index (κ1) is 17.3. The van der Waals surface area contributed by atoms with Gasteiger partial charge in [-0.1, -0.05) is 32.6 Å². The Morgan fingerprint density at radius 3 is 2.32 bits per heavy atom. The Hall–Kier alpha value is -2.49. The number of imidazole rings is 1. The third-order valence-electron chi connectivity index (χ3n) is 4.36. The van der Waals surface area contributed by atoms with Crippen molar-refractivity contribution in [2.24, 2.45) is 0 Å². The molecule has 2 aromatic heterocycles. The normalized spacial score (nSPS) is 11.0. The van der Waals surface area contributed by atoms with Gasteiger partial charge < -0.3 is 4.98 Å². The van der Waals surface area contributed by atoms with E-state index in [0.717, 1.165) is 41.2 Å². The van der Waals surface area contributed by atoms with Crippen LogP contribution in [0.4, 0.5) is 4.39 Å². The number of hydrogen-bond donors (Lipinski definition) is 1. The SMILES string of the molecule is CCCCCCCc1nc(-c2ccc(F)cc2)c(-c2ccncc2)[nH]1. The van der Waals surface area contributed by atoms with Gasteiger partial charge in [0, 0.05) is 29.9 Å². The van der Waals surface area contributed by atoms with E-state index in [2.05, 4.69) is 16.9 Å². The van der Waals surface area contributed by atoms with E-state index in [9.17, 15) is 4.39 Å². The van der Waals surface area contributed by atoms with Crippen LogP contribution >= 0.6 is 0 Å². The first-order chi connectivity index (χ1) is 12.3. The zero-order valence-corrected chi connectivity index (χ0v) is 14.6. The molecule has 3 aromatic rings. The molecule has 0 fully saturated rings. The molecule has 25 heavy (non-hydrogen) atoms. The number of nitrogens with one attached hydrogen (secondary N) is 1. The summed E-state index contributed by atoms with van der Waals surface area (Å²) in [5, 5.41) is 0. The van der Waals surface area contributed by atoms with Crippen molar-refractivity contribution < 1.29 is 4.39 Å². The molecule has 0 radical (unpaired) electrons. The van der Waals surface area contributed by atoms with E-state index < -0.39 is 0 Å². The third-order valence-corrected chi connectivity index (χ3v) is 4.36. The summed E-state index contributed by atoms with van der Waals surface area (Å²) < 4.78 is 13.3. The van der Waals surface area contributed by atoms with Gasteiger partial charge in [0.25, 0.3) is 0 Å². The van der Waals surface area contributed by atoms with Crippen LogP contribution in [0.1, 0.15) is 44.9 Å². The molecule has 3 rings (SSSR count). The van der Waals surface area contributed by atoms with Crippen LogP contribution in [0.15, 0.2) is 48.8 Å². The number of aromatic nitrogens is 3. The third kappa shape index (κ3) is 4.53. The Morgan fingerprint density at radius 1 is 0.880 bits per heavy atom. The molecular weight excluding hydrogens is 313 g/mol. The topological polar surface area (TPSA) is 41.6 Å². The van der Waals surface area contributed by atoms with Gasteiger partial charge in [-0.15, -0.1) is 0 Å². The minimum Gasteiger partial charge on any atom is -0.341 e. The number of aryl methyl sites for hydroxylation is 1. The lowest BCUT2D eigenvalue weighted by molar-refractivity contribution is 0.624. The zero-order chi connectivity index (χ0) is 17.5. The van der Waals surface area contributed by atoms with Gasteiger partial charge in [-0.3, -0.25) is 4.98 Å². The summed E-state index contributed by atoms with van der Waals surface area (Å²) in [6.45, 7) is 2.22. The minimum atomic E-state index is -0.235.